The van der Waals surface area contributed by atoms with Crippen LogP contribution in [0.1, 0.15) is 70.1 Å². The monoisotopic (exact) mass is 783 g/mol. The second-order valence-corrected chi connectivity index (χ2v) is 16.7. The predicted molar refractivity (Wildman–Crippen MR) is 218 cm³/mol. The number of benzene rings is 4. The number of anilines is 2. The van der Waals surface area contributed by atoms with Crippen molar-refractivity contribution in [3.63, 3.8) is 0 Å². The van der Waals surface area contributed by atoms with Gasteiger partial charge in [0.1, 0.15) is 35.6 Å². The summed E-state index contributed by atoms with van der Waals surface area (Å²) in [4.78, 5) is 46.9. The number of carbonyl (C=O) groups is 3. The molecular formula is C46H49N5O7. The highest BCUT2D eigenvalue weighted by molar-refractivity contribution is 6.06. The van der Waals surface area contributed by atoms with Gasteiger partial charge in [0, 0.05) is 86.0 Å². The number of phenolic OH excluding ortho intramolecular Hbond substituents is 1. The lowest BCUT2D eigenvalue weighted by Crippen LogP contribution is -2.58. The van der Waals surface area contributed by atoms with E-state index in [-0.39, 0.29) is 41.9 Å². The minimum absolute atomic E-state index is 0.0846. The van der Waals surface area contributed by atoms with Crippen LogP contribution in [0, 0.1) is 5.92 Å². The van der Waals surface area contributed by atoms with Crippen LogP contribution in [0.4, 0.5) is 11.4 Å². The zero-order chi connectivity index (χ0) is 39.5. The summed E-state index contributed by atoms with van der Waals surface area (Å²) in [6.45, 7) is 7.34. The van der Waals surface area contributed by atoms with Gasteiger partial charge >= 0.3 is 0 Å². The lowest BCUT2D eigenvalue weighted by molar-refractivity contribution is -0.136. The first-order valence-corrected chi connectivity index (χ1v) is 20.7. The van der Waals surface area contributed by atoms with Crippen molar-refractivity contribution in [2.24, 2.45) is 5.92 Å². The Bertz CT molecular complexity index is 2240. The van der Waals surface area contributed by atoms with Gasteiger partial charge in [0.2, 0.25) is 11.8 Å². The molecule has 300 valence electrons. The molecule has 12 heteroatoms. The molecule has 4 aromatic carbocycles. The molecule has 0 spiro atoms. The number of imide groups is 1. The summed E-state index contributed by atoms with van der Waals surface area (Å²) in [7, 11) is 1.68. The number of carbonyl (C=O) groups excluding carboxylic acids is 3. The molecule has 3 saturated heterocycles. The molecule has 0 aromatic heterocycles. The van der Waals surface area contributed by atoms with E-state index in [0.29, 0.717) is 37.7 Å². The van der Waals surface area contributed by atoms with E-state index in [1.807, 2.05) is 30.3 Å². The van der Waals surface area contributed by atoms with Gasteiger partial charge in [0.15, 0.2) is 0 Å². The summed E-state index contributed by atoms with van der Waals surface area (Å²) in [5.41, 5.74) is 7.23. The lowest BCUT2D eigenvalue weighted by Gasteiger charge is -2.47. The van der Waals surface area contributed by atoms with Gasteiger partial charge in [-0.15, -0.1) is 0 Å². The molecule has 4 atom stereocenters. The number of phenols is 1. The first-order valence-electron chi connectivity index (χ1n) is 20.7. The minimum Gasteiger partial charge on any atom is -0.508 e. The number of rotatable bonds is 7. The van der Waals surface area contributed by atoms with E-state index >= 15 is 0 Å². The molecule has 0 bridgehead atoms. The van der Waals surface area contributed by atoms with Crippen LogP contribution < -0.4 is 29.3 Å². The Morgan fingerprint density at radius 2 is 1.62 bits per heavy atom. The second-order valence-electron chi connectivity index (χ2n) is 16.7. The molecule has 2 N–H and O–H groups in total. The van der Waals surface area contributed by atoms with Crippen LogP contribution in [-0.2, 0) is 16.1 Å². The van der Waals surface area contributed by atoms with Crippen molar-refractivity contribution in [2.45, 2.75) is 56.1 Å². The van der Waals surface area contributed by atoms with E-state index in [2.05, 4.69) is 56.4 Å². The Kier molecular flexibility index (Phi) is 9.39. The maximum Gasteiger partial charge on any atom is 0.255 e. The number of aromatic hydroxyl groups is 1. The Hall–Kier alpha value is -5.75. The number of nitrogens with zero attached hydrogens (tertiary/aromatic N) is 4. The third kappa shape index (κ3) is 6.57. The maximum atomic E-state index is 13.4. The fraction of sp³-hybridized carbons (Fsp3) is 0.413. The van der Waals surface area contributed by atoms with Gasteiger partial charge in [-0.25, -0.2) is 0 Å². The van der Waals surface area contributed by atoms with E-state index in [1.165, 1.54) is 16.8 Å². The number of methoxy groups -OCH3 is 1. The van der Waals surface area contributed by atoms with Gasteiger partial charge in [-0.3, -0.25) is 24.6 Å². The zero-order valence-corrected chi connectivity index (χ0v) is 32.8. The third-order valence-electron chi connectivity index (χ3n) is 13.4. The van der Waals surface area contributed by atoms with Crippen LogP contribution in [0.2, 0.25) is 0 Å². The van der Waals surface area contributed by atoms with Crippen LogP contribution in [-0.4, -0.2) is 104 Å². The maximum absolute atomic E-state index is 13.4. The largest absolute Gasteiger partial charge is 0.508 e. The second kappa shape index (κ2) is 14.9. The summed E-state index contributed by atoms with van der Waals surface area (Å²) in [5, 5.41) is 12.6. The number of piperazine rings is 1. The van der Waals surface area contributed by atoms with E-state index in [1.54, 1.807) is 24.1 Å². The molecule has 0 radical (unpaired) electrons. The summed E-state index contributed by atoms with van der Waals surface area (Å²) in [6, 6.07) is 26.3. The first-order chi connectivity index (χ1) is 28.3. The van der Waals surface area contributed by atoms with Gasteiger partial charge in [-0.2, -0.15) is 0 Å². The van der Waals surface area contributed by atoms with Crippen LogP contribution in [0.15, 0.2) is 78.9 Å². The van der Waals surface area contributed by atoms with Crippen LogP contribution in [0.3, 0.4) is 0 Å². The van der Waals surface area contributed by atoms with E-state index < -0.39 is 11.9 Å². The molecule has 4 aromatic rings. The molecular weight excluding hydrogens is 735 g/mol. The van der Waals surface area contributed by atoms with Crippen LogP contribution >= 0.6 is 0 Å². The Balaban J connectivity index is 0.760. The van der Waals surface area contributed by atoms with Crippen molar-refractivity contribution < 1.29 is 33.7 Å². The van der Waals surface area contributed by atoms with Crippen molar-refractivity contribution in [1.29, 1.82) is 0 Å². The number of nitrogens with one attached hydrogen (secondary N) is 1. The molecule has 6 aliphatic heterocycles. The van der Waals surface area contributed by atoms with Gasteiger partial charge in [-0.1, -0.05) is 30.3 Å². The average molecular weight is 784 g/mol. The van der Waals surface area contributed by atoms with Crippen molar-refractivity contribution >= 4 is 29.1 Å². The number of hydrogen-bond acceptors (Lipinski definition) is 10. The Labute approximate surface area is 338 Å². The molecule has 10 rings (SSSR count). The van der Waals surface area contributed by atoms with Gasteiger partial charge < -0.3 is 34.0 Å². The Morgan fingerprint density at radius 1 is 0.828 bits per heavy atom. The number of hydrogen-bond donors (Lipinski definition) is 2. The van der Waals surface area contributed by atoms with Gasteiger partial charge in [0.05, 0.1) is 32.0 Å². The molecule has 6 heterocycles. The molecule has 0 saturated carbocycles. The van der Waals surface area contributed by atoms with Crippen molar-refractivity contribution in [3.05, 3.63) is 107 Å². The van der Waals surface area contributed by atoms with Crippen LogP contribution in [0.5, 0.6) is 23.0 Å². The number of piperidine rings is 2. The SMILES string of the molecule is COc1ccc([C@@H]2COc3cc(O)ccc3[C@@H]2c2ccc(N3CCC(CN4CCN5c6ccc7c(c6OC[C@H]5C4)CN(C4CCC(=O)NC4=O)C7=O)CC3)cc2)cc1. The fourth-order valence-corrected chi connectivity index (χ4v) is 10.3. The first kappa shape index (κ1) is 36.6. The number of amides is 3. The number of fused-ring (bicyclic) bond motifs is 6. The highest BCUT2D eigenvalue weighted by Gasteiger charge is 2.43. The van der Waals surface area contributed by atoms with E-state index in [9.17, 15) is 19.5 Å². The molecule has 3 amide bonds. The molecule has 1 unspecified atom stereocenters. The summed E-state index contributed by atoms with van der Waals surface area (Å²) >= 11 is 0. The average Bonchev–Trinajstić information content (AvgIpc) is 3.59. The summed E-state index contributed by atoms with van der Waals surface area (Å²) in [5.74, 6) is 2.52. The summed E-state index contributed by atoms with van der Waals surface area (Å²) in [6.07, 6.45) is 2.87. The van der Waals surface area contributed by atoms with Gasteiger partial charge in [0.25, 0.3) is 5.91 Å². The smallest absolute Gasteiger partial charge is 0.255 e. The fourth-order valence-electron chi connectivity index (χ4n) is 10.3. The molecule has 6 aliphatic rings. The molecule has 0 aliphatic carbocycles. The number of ether oxygens (including phenoxy) is 3. The Morgan fingerprint density at radius 3 is 2.40 bits per heavy atom. The van der Waals surface area contributed by atoms with Crippen molar-refractivity contribution in [2.75, 3.05) is 69.4 Å². The molecule has 58 heavy (non-hydrogen) atoms. The van der Waals surface area contributed by atoms with Crippen molar-refractivity contribution in [3.8, 4) is 23.0 Å². The topological polar surface area (TPSA) is 124 Å². The lowest BCUT2D eigenvalue weighted by atomic mass is 9.76. The minimum atomic E-state index is -0.640. The van der Waals surface area contributed by atoms with E-state index in [0.717, 1.165) is 86.2 Å². The quantitative estimate of drug-likeness (QED) is 0.240. The third-order valence-corrected chi connectivity index (χ3v) is 13.4. The molecule has 12 nitrogen and oxygen atoms in total. The van der Waals surface area contributed by atoms with E-state index in [4.69, 9.17) is 14.2 Å². The highest BCUT2D eigenvalue weighted by Crippen LogP contribution is 2.48. The van der Waals surface area contributed by atoms with Crippen molar-refractivity contribution in [1.82, 2.24) is 15.1 Å². The summed E-state index contributed by atoms with van der Waals surface area (Å²) < 4.78 is 18.1. The van der Waals surface area contributed by atoms with Gasteiger partial charge in [-0.05, 0) is 78.8 Å². The highest BCUT2D eigenvalue weighted by atomic mass is 16.5. The molecule has 3 fully saturated rings. The zero-order valence-electron chi connectivity index (χ0n) is 32.8. The standard InChI is InChI=1S/C46H49N5O7/c1-56-34-9-4-29(5-10-34)38-27-57-41-22-33(52)8-11-36(41)43(38)30-2-6-31(7-3-30)49-18-16-28(17-19-49)23-48-20-21-50-32(24-48)26-58-44-37-25-51(40-14-15-42(53)47-45(40)54)46(55)35(37)12-13-39(44)50/h2-13,22,28,32,38,40,43,52H,14-21,23-27H2,1H3,(H,47,53,54)/t32-,38+,40?,43+/m1/s1. The predicted octanol–water partition coefficient (Wildman–Crippen LogP) is 5.27. The van der Waals surface area contributed by atoms with Crippen LogP contribution in [0.25, 0.3) is 0 Å². The normalized spacial score (nSPS) is 24.6.